The molecule has 0 atom stereocenters. The summed E-state index contributed by atoms with van der Waals surface area (Å²) in [5, 5.41) is 19.8. The molecule has 1 saturated heterocycles. The molecule has 1 aliphatic heterocycles. The van der Waals surface area contributed by atoms with Gasteiger partial charge in [-0.05, 0) is 48.7 Å². The number of nitrogens with zero attached hydrogens (tertiary/aromatic N) is 2. The molecule has 0 saturated carbocycles. The standard InChI is InChI=1S/C19H17F3N2O3S/c20-19(21,22)16-5-2-4-15(12-16)18(25)7-9-24(10-8-18)28(26,27)17-6-1-3-14(11-17)13-23/h1-6,11-12,25H,7-10H2. The van der Waals surface area contributed by atoms with Crippen molar-refractivity contribution in [1.29, 1.82) is 5.26 Å². The van der Waals surface area contributed by atoms with E-state index in [2.05, 4.69) is 0 Å². The van der Waals surface area contributed by atoms with Gasteiger partial charge in [-0.3, -0.25) is 0 Å². The number of hydrogen-bond acceptors (Lipinski definition) is 4. The lowest BCUT2D eigenvalue weighted by molar-refractivity contribution is -0.137. The molecule has 148 valence electrons. The average molecular weight is 410 g/mol. The summed E-state index contributed by atoms with van der Waals surface area (Å²) >= 11 is 0. The second-order valence-corrected chi connectivity index (χ2v) is 8.59. The summed E-state index contributed by atoms with van der Waals surface area (Å²) < 4.78 is 65.5. The zero-order valence-corrected chi connectivity index (χ0v) is 15.5. The molecule has 2 aromatic carbocycles. The van der Waals surface area contributed by atoms with Crippen molar-refractivity contribution in [1.82, 2.24) is 4.31 Å². The van der Waals surface area contributed by atoms with Gasteiger partial charge in [0.25, 0.3) is 0 Å². The third-order valence-electron chi connectivity index (χ3n) is 4.88. The van der Waals surface area contributed by atoms with Crippen molar-refractivity contribution < 1.29 is 26.7 Å². The van der Waals surface area contributed by atoms with E-state index in [9.17, 15) is 26.7 Å². The van der Waals surface area contributed by atoms with Crippen LogP contribution in [-0.2, 0) is 21.8 Å². The number of sulfonamides is 1. The van der Waals surface area contributed by atoms with E-state index in [4.69, 9.17) is 5.26 Å². The first kappa shape index (κ1) is 20.3. The van der Waals surface area contributed by atoms with E-state index in [1.165, 1.54) is 40.7 Å². The summed E-state index contributed by atoms with van der Waals surface area (Å²) in [4.78, 5) is -0.0314. The highest BCUT2D eigenvalue weighted by molar-refractivity contribution is 7.89. The Morgan fingerprint density at radius 1 is 1.07 bits per heavy atom. The Bertz CT molecular complexity index is 1020. The number of piperidine rings is 1. The minimum Gasteiger partial charge on any atom is -0.385 e. The van der Waals surface area contributed by atoms with Crippen molar-refractivity contribution in [3.8, 4) is 6.07 Å². The molecular formula is C19H17F3N2O3S. The Morgan fingerprint density at radius 3 is 2.32 bits per heavy atom. The number of rotatable bonds is 3. The fourth-order valence-corrected chi connectivity index (χ4v) is 4.73. The van der Waals surface area contributed by atoms with Crippen molar-refractivity contribution in [3.63, 3.8) is 0 Å². The van der Waals surface area contributed by atoms with Gasteiger partial charge in [0.2, 0.25) is 10.0 Å². The topological polar surface area (TPSA) is 81.4 Å². The van der Waals surface area contributed by atoms with Gasteiger partial charge >= 0.3 is 6.18 Å². The van der Waals surface area contributed by atoms with Crippen LogP contribution in [0.15, 0.2) is 53.4 Å². The number of aliphatic hydroxyl groups is 1. The Morgan fingerprint density at radius 2 is 1.71 bits per heavy atom. The van der Waals surface area contributed by atoms with Gasteiger partial charge in [0, 0.05) is 13.1 Å². The Labute approximate surface area is 160 Å². The lowest BCUT2D eigenvalue weighted by atomic mass is 9.84. The average Bonchev–Trinajstić information content (AvgIpc) is 2.68. The predicted octanol–water partition coefficient (Wildman–Crippen LogP) is 3.25. The van der Waals surface area contributed by atoms with Crippen LogP contribution in [0.3, 0.4) is 0 Å². The summed E-state index contributed by atoms with van der Waals surface area (Å²) in [6.45, 7) is -0.0995. The molecule has 5 nitrogen and oxygen atoms in total. The molecule has 1 N–H and O–H groups in total. The van der Waals surface area contributed by atoms with Gasteiger partial charge in [-0.15, -0.1) is 0 Å². The van der Waals surface area contributed by atoms with Gasteiger partial charge < -0.3 is 5.11 Å². The molecule has 9 heteroatoms. The van der Waals surface area contributed by atoms with E-state index in [0.29, 0.717) is 0 Å². The van der Waals surface area contributed by atoms with E-state index >= 15 is 0 Å². The van der Waals surface area contributed by atoms with Gasteiger partial charge in [-0.25, -0.2) is 8.42 Å². The maximum absolute atomic E-state index is 12.9. The fourth-order valence-electron chi connectivity index (χ4n) is 3.25. The lowest BCUT2D eigenvalue weighted by Gasteiger charge is -2.38. The molecule has 1 aliphatic rings. The summed E-state index contributed by atoms with van der Waals surface area (Å²) in [6.07, 6.45) is -4.60. The Balaban J connectivity index is 1.81. The molecule has 2 aromatic rings. The first-order valence-electron chi connectivity index (χ1n) is 8.47. The van der Waals surface area contributed by atoms with E-state index in [1.54, 1.807) is 0 Å². The first-order chi connectivity index (χ1) is 13.1. The molecule has 0 spiro atoms. The fraction of sp³-hybridized carbons (Fsp3) is 0.316. The van der Waals surface area contributed by atoms with Crippen molar-refractivity contribution in [3.05, 3.63) is 65.2 Å². The largest absolute Gasteiger partial charge is 0.416 e. The van der Waals surface area contributed by atoms with E-state index in [1.807, 2.05) is 6.07 Å². The predicted molar refractivity (Wildman–Crippen MR) is 94.5 cm³/mol. The van der Waals surface area contributed by atoms with Crippen molar-refractivity contribution in [2.45, 2.75) is 29.5 Å². The third-order valence-corrected chi connectivity index (χ3v) is 6.77. The van der Waals surface area contributed by atoms with E-state index in [0.717, 1.165) is 12.1 Å². The second kappa shape index (κ2) is 7.20. The molecule has 0 radical (unpaired) electrons. The highest BCUT2D eigenvalue weighted by Gasteiger charge is 2.39. The van der Waals surface area contributed by atoms with Crippen LogP contribution in [0, 0.1) is 11.3 Å². The lowest BCUT2D eigenvalue weighted by Crippen LogP contribution is -2.45. The molecule has 1 fully saturated rings. The molecule has 3 rings (SSSR count). The summed E-state index contributed by atoms with van der Waals surface area (Å²) in [5.74, 6) is 0. The van der Waals surface area contributed by atoms with Crippen LogP contribution in [0.5, 0.6) is 0 Å². The van der Waals surface area contributed by atoms with Gasteiger partial charge in [0.1, 0.15) is 0 Å². The van der Waals surface area contributed by atoms with Gasteiger partial charge in [0.05, 0.1) is 27.7 Å². The monoisotopic (exact) mass is 410 g/mol. The van der Waals surface area contributed by atoms with Gasteiger partial charge in [-0.1, -0.05) is 18.2 Å². The first-order valence-corrected chi connectivity index (χ1v) is 9.91. The quantitative estimate of drug-likeness (QED) is 0.842. The highest BCUT2D eigenvalue weighted by Crippen LogP contribution is 2.37. The van der Waals surface area contributed by atoms with E-state index in [-0.39, 0.29) is 42.0 Å². The molecule has 0 aliphatic carbocycles. The highest BCUT2D eigenvalue weighted by atomic mass is 32.2. The summed E-state index contributed by atoms with van der Waals surface area (Å²) in [5.41, 5.74) is -2.08. The van der Waals surface area contributed by atoms with Gasteiger partial charge in [-0.2, -0.15) is 22.7 Å². The molecule has 0 aromatic heterocycles. The number of hydrogen-bond donors (Lipinski definition) is 1. The zero-order valence-electron chi connectivity index (χ0n) is 14.6. The number of halogens is 3. The molecule has 1 heterocycles. The SMILES string of the molecule is N#Cc1cccc(S(=O)(=O)N2CCC(O)(c3cccc(C(F)(F)F)c3)CC2)c1. The summed E-state index contributed by atoms with van der Waals surface area (Å²) in [6, 6.07) is 11.9. The van der Waals surface area contributed by atoms with Crippen LogP contribution < -0.4 is 0 Å². The van der Waals surface area contributed by atoms with Crippen LogP contribution in [0.25, 0.3) is 0 Å². The normalized spacial score (nSPS) is 17.8. The second-order valence-electron chi connectivity index (χ2n) is 6.65. The van der Waals surface area contributed by atoms with Crippen LogP contribution in [-0.4, -0.2) is 30.9 Å². The minimum absolute atomic E-state index is 0.0314. The molecule has 0 unspecified atom stereocenters. The molecular weight excluding hydrogens is 393 g/mol. The zero-order chi connectivity index (χ0) is 20.6. The van der Waals surface area contributed by atoms with E-state index < -0.39 is 27.4 Å². The summed E-state index contributed by atoms with van der Waals surface area (Å²) in [7, 11) is -3.87. The number of nitriles is 1. The third kappa shape index (κ3) is 3.90. The van der Waals surface area contributed by atoms with Crippen LogP contribution in [0.4, 0.5) is 13.2 Å². The van der Waals surface area contributed by atoms with Crippen molar-refractivity contribution in [2.24, 2.45) is 0 Å². The number of alkyl halides is 3. The van der Waals surface area contributed by atoms with Crippen LogP contribution >= 0.6 is 0 Å². The van der Waals surface area contributed by atoms with Crippen LogP contribution in [0.1, 0.15) is 29.5 Å². The van der Waals surface area contributed by atoms with Crippen molar-refractivity contribution >= 4 is 10.0 Å². The molecule has 28 heavy (non-hydrogen) atoms. The Kier molecular flexibility index (Phi) is 5.23. The smallest absolute Gasteiger partial charge is 0.385 e. The van der Waals surface area contributed by atoms with Crippen molar-refractivity contribution in [2.75, 3.05) is 13.1 Å². The molecule has 0 bridgehead atoms. The van der Waals surface area contributed by atoms with Gasteiger partial charge in [0.15, 0.2) is 0 Å². The van der Waals surface area contributed by atoms with Crippen LogP contribution in [0.2, 0.25) is 0 Å². The molecule has 0 amide bonds. The Hall–Kier alpha value is -2.41. The minimum atomic E-state index is -4.53. The maximum Gasteiger partial charge on any atom is 0.416 e. The maximum atomic E-state index is 12.9. The number of benzene rings is 2.